The topological polar surface area (TPSA) is 18.5 Å². The summed E-state index contributed by atoms with van der Waals surface area (Å²) < 4.78 is 0. The fourth-order valence-electron chi connectivity index (χ4n) is 3.16. The van der Waals surface area contributed by atoms with Crippen LogP contribution in [0.4, 0.5) is 0 Å². The number of likely N-dealkylation sites (N-methyl/N-ethyl adjacent to an activating group) is 1. The van der Waals surface area contributed by atoms with Gasteiger partial charge in [-0.2, -0.15) is 0 Å². The number of likely N-dealkylation sites (tertiary alicyclic amines) is 1. The molecule has 1 saturated heterocycles. The first-order chi connectivity index (χ1) is 9.47. The molecule has 0 bridgehead atoms. The lowest BCUT2D eigenvalue weighted by molar-refractivity contribution is 0.113. The second kappa shape index (κ2) is 9.01. The van der Waals surface area contributed by atoms with Crippen LogP contribution in [0, 0.1) is 11.3 Å². The highest BCUT2D eigenvalue weighted by Crippen LogP contribution is 2.33. The van der Waals surface area contributed by atoms with Crippen molar-refractivity contribution in [1.82, 2.24) is 15.1 Å². The first-order valence-corrected chi connectivity index (χ1v) is 8.62. The third-order valence-electron chi connectivity index (χ3n) is 4.92. The van der Waals surface area contributed by atoms with E-state index in [4.69, 9.17) is 0 Å². The van der Waals surface area contributed by atoms with E-state index in [1.54, 1.807) is 0 Å². The van der Waals surface area contributed by atoms with Crippen molar-refractivity contribution in [2.45, 2.75) is 47.5 Å². The summed E-state index contributed by atoms with van der Waals surface area (Å²) in [7, 11) is 0. The second-order valence-corrected chi connectivity index (χ2v) is 7.26. The summed E-state index contributed by atoms with van der Waals surface area (Å²) in [6.07, 6.45) is 2.76. The molecule has 1 aliphatic rings. The molecule has 0 amide bonds. The molecule has 1 aliphatic heterocycles. The van der Waals surface area contributed by atoms with E-state index in [1.807, 2.05) is 0 Å². The lowest BCUT2D eigenvalue weighted by atomic mass is 9.75. The Kier molecular flexibility index (Phi) is 8.08. The predicted octanol–water partition coefficient (Wildman–Crippen LogP) is 2.68. The number of piperidine rings is 1. The van der Waals surface area contributed by atoms with E-state index in [0.29, 0.717) is 5.41 Å². The summed E-state index contributed by atoms with van der Waals surface area (Å²) in [5, 5.41) is 3.59. The smallest absolute Gasteiger partial charge is 0.0107 e. The number of hydrogen-bond donors (Lipinski definition) is 1. The van der Waals surface area contributed by atoms with Crippen LogP contribution >= 0.6 is 0 Å². The van der Waals surface area contributed by atoms with Crippen molar-refractivity contribution < 1.29 is 0 Å². The van der Waals surface area contributed by atoms with Gasteiger partial charge >= 0.3 is 0 Å². The Morgan fingerprint density at radius 1 is 1.05 bits per heavy atom. The molecule has 1 heterocycles. The van der Waals surface area contributed by atoms with Crippen molar-refractivity contribution in [2.24, 2.45) is 11.3 Å². The van der Waals surface area contributed by atoms with Crippen molar-refractivity contribution in [3.05, 3.63) is 0 Å². The Morgan fingerprint density at radius 3 is 2.15 bits per heavy atom. The van der Waals surface area contributed by atoms with Crippen LogP contribution < -0.4 is 5.32 Å². The van der Waals surface area contributed by atoms with Crippen LogP contribution in [0.1, 0.15) is 47.5 Å². The van der Waals surface area contributed by atoms with Gasteiger partial charge in [0, 0.05) is 26.2 Å². The average molecular weight is 284 g/mol. The van der Waals surface area contributed by atoms with Gasteiger partial charge in [0.05, 0.1) is 0 Å². The monoisotopic (exact) mass is 283 g/mol. The molecular weight excluding hydrogens is 246 g/mol. The summed E-state index contributed by atoms with van der Waals surface area (Å²) in [5.74, 6) is 0.911. The SMILES string of the molecule is CCN(CC)CCNCCN1CCC(C(C)(C)C)CC1. The summed E-state index contributed by atoms with van der Waals surface area (Å²) in [6.45, 7) is 21.2. The first kappa shape index (κ1) is 17.9. The molecule has 0 saturated carbocycles. The lowest BCUT2D eigenvalue weighted by Crippen LogP contribution is -2.42. The molecule has 0 unspecified atom stereocenters. The molecule has 0 aromatic carbocycles. The standard InChI is InChI=1S/C17H37N3/c1-6-19(7-2)14-10-18-11-15-20-12-8-16(9-13-20)17(3,4)5/h16,18H,6-15H2,1-5H3. The molecule has 20 heavy (non-hydrogen) atoms. The second-order valence-electron chi connectivity index (χ2n) is 7.26. The van der Waals surface area contributed by atoms with Crippen LogP contribution in [0.15, 0.2) is 0 Å². The van der Waals surface area contributed by atoms with E-state index in [0.717, 1.165) is 19.0 Å². The third-order valence-corrected chi connectivity index (χ3v) is 4.92. The van der Waals surface area contributed by atoms with Gasteiger partial charge in [0.2, 0.25) is 0 Å². The Morgan fingerprint density at radius 2 is 1.65 bits per heavy atom. The van der Waals surface area contributed by atoms with E-state index < -0.39 is 0 Å². The molecular formula is C17H37N3. The predicted molar refractivity (Wildman–Crippen MR) is 89.3 cm³/mol. The van der Waals surface area contributed by atoms with Gasteiger partial charge in [-0.25, -0.2) is 0 Å². The maximum Gasteiger partial charge on any atom is 0.0107 e. The van der Waals surface area contributed by atoms with Gasteiger partial charge < -0.3 is 15.1 Å². The molecule has 1 N–H and O–H groups in total. The molecule has 0 radical (unpaired) electrons. The molecule has 0 atom stereocenters. The minimum atomic E-state index is 0.494. The fraction of sp³-hybridized carbons (Fsp3) is 1.00. The minimum absolute atomic E-state index is 0.494. The Balaban J connectivity index is 2.04. The van der Waals surface area contributed by atoms with Crippen molar-refractivity contribution in [3.63, 3.8) is 0 Å². The largest absolute Gasteiger partial charge is 0.314 e. The normalized spacial score (nSPS) is 18.9. The van der Waals surface area contributed by atoms with Crippen LogP contribution in [0.25, 0.3) is 0 Å². The van der Waals surface area contributed by atoms with Gasteiger partial charge in [0.25, 0.3) is 0 Å². The first-order valence-electron chi connectivity index (χ1n) is 8.62. The quantitative estimate of drug-likeness (QED) is 0.691. The molecule has 0 aliphatic carbocycles. The van der Waals surface area contributed by atoms with Crippen LogP contribution in [-0.2, 0) is 0 Å². The number of hydrogen-bond acceptors (Lipinski definition) is 3. The van der Waals surface area contributed by atoms with Gasteiger partial charge in [-0.05, 0) is 50.4 Å². The van der Waals surface area contributed by atoms with Crippen LogP contribution in [0.2, 0.25) is 0 Å². The molecule has 0 aromatic rings. The Labute approximate surface area is 127 Å². The van der Waals surface area contributed by atoms with E-state index in [1.165, 1.54) is 52.1 Å². The molecule has 3 heteroatoms. The summed E-state index contributed by atoms with van der Waals surface area (Å²) in [6, 6.07) is 0. The molecule has 3 nitrogen and oxygen atoms in total. The zero-order valence-electron chi connectivity index (χ0n) is 14.5. The number of nitrogens with one attached hydrogen (secondary N) is 1. The van der Waals surface area contributed by atoms with Crippen molar-refractivity contribution >= 4 is 0 Å². The molecule has 0 aromatic heterocycles. The fourth-order valence-corrected chi connectivity index (χ4v) is 3.16. The highest BCUT2D eigenvalue weighted by Gasteiger charge is 2.28. The van der Waals surface area contributed by atoms with Gasteiger partial charge in [0.1, 0.15) is 0 Å². The molecule has 1 rings (SSSR count). The maximum absolute atomic E-state index is 3.59. The van der Waals surface area contributed by atoms with Crippen LogP contribution in [-0.4, -0.2) is 62.2 Å². The zero-order valence-corrected chi connectivity index (χ0v) is 14.5. The van der Waals surface area contributed by atoms with E-state index >= 15 is 0 Å². The van der Waals surface area contributed by atoms with Gasteiger partial charge in [0.15, 0.2) is 0 Å². The minimum Gasteiger partial charge on any atom is -0.314 e. The van der Waals surface area contributed by atoms with Gasteiger partial charge in [-0.3, -0.25) is 0 Å². The van der Waals surface area contributed by atoms with E-state index in [2.05, 4.69) is 49.7 Å². The molecule has 1 fully saturated rings. The summed E-state index contributed by atoms with van der Waals surface area (Å²) in [4.78, 5) is 5.11. The lowest BCUT2D eigenvalue weighted by Gasteiger charge is -2.38. The number of rotatable bonds is 8. The van der Waals surface area contributed by atoms with E-state index in [-0.39, 0.29) is 0 Å². The Bertz CT molecular complexity index is 235. The summed E-state index contributed by atoms with van der Waals surface area (Å²) in [5.41, 5.74) is 0.494. The van der Waals surface area contributed by atoms with Crippen molar-refractivity contribution in [1.29, 1.82) is 0 Å². The van der Waals surface area contributed by atoms with Crippen LogP contribution in [0.3, 0.4) is 0 Å². The van der Waals surface area contributed by atoms with Crippen molar-refractivity contribution in [3.8, 4) is 0 Å². The maximum atomic E-state index is 3.59. The third kappa shape index (κ3) is 6.55. The zero-order chi connectivity index (χ0) is 15.0. The number of nitrogens with zero attached hydrogens (tertiary/aromatic N) is 2. The van der Waals surface area contributed by atoms with Crippen LogP contribution in [0.5, 0.6) is 0 Å². The Hall–Kier alpha value is -0.120. The highest BCUT2D eigenvalue weighted by molar-refractivity contribution is 4.80. The highest BCUT2D eigenvalue weighted by atomic mass is 15.2. The molecule has 0 spiro atoms. The van der Waals surface area contributed by atoms with Gasteiger partial charge in [-0.15, -0.1) is 0 Å². The molecule has 120 valence electrons. The van der Waals surface area contributed by atoms with E-state index in [9.17, 15) is 0 Å². The summed E-state index contributed by atoms with van der Waals surface area (Å²) >= 11 is 0. The van der Waals surface area contributed by atoms with Crippen molar-refractivity contribution in [2.75, 3.05) is 52.4 Å². The average Bonchev–Trinajstić information content (AvgIpc) is 2.42. The van der Waals surface area contributed by atoms with Gasteiger partial charge in [-0.1, -0.05) is 34.6 Å².